The number of amides is 1. The van der Waals surface area contributed by atoms with Crippen LogP contribution >= 0.6 is 0 Å². The molecule has 0 fully saturated rings. The largest absolute Gasteiger partial charge is 0.497 e. The van der Waals surface area contributed by atoms with E-state index in [1.54, 1.807) is 18.9 Å². The Bertz CT molecular complexity index is 1280. The van der Waals surface area contributed by atoms with Crippen molar-refractivity contribution < 1.29 is 14.3 Å². The second-order valence-corrected chi connectivity index (χ2v) is 9.04. The average molecular weight is 453 g/mol. The number of rotatable bonds is 3. The molecule has 0 radical (unpaired) electrons. The van der Waals surface area contributed by atoms with Crippen LogP contribution in [0.5, 0.6) is 5.75 Å². The summed E-state index contributed by atoms with van der Waals surface area (Å²) in [5.74, 6) is 0.775. The first-order chi connectivity index (χ1) is 16.5. The van der Waals surface area contributed by atoms with Gasteiger partial charge in [-0.25, -0.2) is 0 Å². The minimum absolute atomic E-state index is 0.0687. The molecule has 172 valence electrons. The van der Waals surface area contributed by atoms with Gasteiger partial charge in [0.05, 0.1) is 24.5 Å². The zero-order valence-electron chi connectivity index (χ0n) is 19.7. The second kappa shape index (κ2) is 8.82. The van der Waals surface area contributed by atoms with Crippen LogP contribution < -0.4 is 15.0 Å². The molecule has 3 aromatic carbocycles. The van der Waals surface area contributed by atoms with E-state index < -0.39 is 6.04 Å². The van der Waals surface area contributed by atoms with Crippen molar-refractivity contribution in [2.75, 3.05) is 17.3 Å². The molecule has 1 heterocycles. The van der Waals surface area contributed by atoms with Gasteiger partial charge in [-0.05, 0) is 54.7 Å². The topological polar surface area (TPSA) is 58.6 Å². The van der Waals surface area contributed by atoms with Gasteiger partial charge in [-0.15, -0.1) is 0 Å². The van der Waals surface area contributed by atoms with Crippen LogP contribution in [0.2, 0.25) is 0 Å². The Morgan fingerprint density at radius 1 is 0.941 bits per heavy atom. The lowest BCUT2D eigenvalue weighted by Gasteiger charge is -2.34. The summed E-state index contributed by atoms with van der Waals surface area (Å²) in [4.78, 5) is 28.6. The fraction of sp³-hybridized carbons (Fsp3) is 0.241. The lowest BCUT2D eigenvalue weighted by molar-refractivity contribution is -0.117. The minimum atomic E-state index is -0.513. The van der Waals surface area contributed by atoms with Crippen molar-refractivity contribution in [1.29, 1.82) is 0 Å². The molecule has 2 aliphatic rings. The van der Waals surface area contributed by atoms with Crippen molar-refractivity contribution in [2.24, 2.45) is 0 Å². The van der Waals surface area contributed by atoms with E-state index in [1.807, 2.05) is 48.5 Å². The molecule has 0 aromatic heterocycles. The number of allylic oxidation sites excluding steroid dienone is 1. The number of nitrogens with one attached hydrogen (secondary N) is 1. The molecule has 0 spiro atoms. The number of fused-ring (bicyclic) bond motifs is 1. The van der Waals surface area contributed by atoms with Crippen LogP contribution in [-0.4, -0.2) is 18.8 Å². The number of carbonyl (C=O) groups excluding carboxylic acids is 2. The van der Waals surface area contributed by atoms with Crippen LogP contribution in [0.25, 0.3) is 0 Å². The number of nitrogens with zero attached hydrogens (tertiary/aromatic N) is 1. The summed E-state index contributed by atoms with van der Waals surface area (Å²) in [6, 6.07) is 23.3. The lowest BCUT2D eigenvalue weighted by atomic mass is 9.78. The molecule has 2 atom stereocenters. The first-order valence-corrected chi connectivity index (χ1v) is 11.6. The van der Waals surface area contributed by atoms with Crippen LogP contribution in [0.4, 0.5) is 11.4 Å². The molecular weight excluding hydrogens is 424 g/mol. The second-order valence-electron chi connectivity index (χ2n) is 9.04. The molecule has 5 rings (SSSR count). The molecule has 1 aliphatic heterocycles. The quantitative estimate of drug-likeness (QED) is 0.536. The van der Waals surface area contributed by atoms with Crippen LogP contribution in [0.15, 0.2) is 84.1 Å². The molecule has 1 aliphatic carbocycles. The summed E-state index contributed by atoms with van der Waals surface area (Å²) in [6.45, 7) is 3.62. The van der Waals surface area contributed by atoms with E-state index in [-0.39, 0.29) is 17.6 Å². The van der Waals surface area contributed by atoms with E-state index in [2.05, 4.69) is 36.5 Å². The smallest absolute Gasteiger partial charge is 0.224 e. The monoisotopic (exact) mass is 452 g/mol. The van der Waals surface area contributed by atoms with Crippen LogP contribution in [0.1, 0.15) is 48.4 Å². The van der Waals surface area contributed by atoms with Gasteiger partial charge in [0.1, 0.15) is 5.75 Å². The summed E-state index contributed by atoms with van der Waals surface area (Å²) in [7, 11) is 1.62. The van der Waals surface area contributed by atoms with Gasteiger partial charge in [0.15, 0.2) is 5.78 Å². The fourth-order valence-electron chi connectivity index (χ4n) is 5.11. The Morgan fingerprint density at radius 2 is 1.62 bits per heavy atom. The highest BCUT2D eigenvalue weighted by atomic mass is 16.5. The van der Waals surface area contributed by atoms with Gasteiger partial charge in [0, 0.05) is 24.6 Å². The first-order valence-electron chi connectivity index (χ1n) is 11.6. The first kappa shape index (κ1) is 22.0. The summed E-state index contributed by atoms with van der Waals surface area (Å²) in [5.41, 5.74) is 6.39. The van der Waals surface area contributed by atoms with Crippen LogP contribution in [0.3, 0.4) is 0 Å². The molecule has 5 heteroatoms. The highest BCUT2D eigenvalue weighted by Crippen LogP contribution is 2.47. The van der Waals surface area contributed by atoms with Crippen molar-refractivity contribution in [3.8, 4) is 5.75 Å². The van der Waals surface area contributed by atoms with E-state index in [0.717, 1.165) is 33.9 Å². The number of hydrogen-bond acceptors (Lipinski definition) is 4. The number of methoxy groups -OCH3 is 1. The van der Waals surface area contributed by atoms with Gasteiger partial charge >= 0.3 is 0 Å². The number of aryl methyl sites for hydroxylation is 1. The van der Waals surface area contributed by atoms with E-state index >= 15 is 0 Å². The van der Waals surface area contributed by atoms with E-state index in [4.69, 9.17) is 4.74 Å². The molecule has 3 aromatic rings. The van der Waals surface area contributed by atoms with Crippen LogP contribution in [0, 0.1) is 6.92 Å². The third-order valence-corrected chi connectivity index (χ3v) is 6.81. The highest BCUT2D eigenvalue weighted by molar-refractivity contribution is 6.06. The molecule has 0 saturated heterocycles. The predicted octanol–water partition coefficient (Wildman–Crippen LogP) is 5.92. The zero-order valence-corrected chi connectivity index (χ0v) is 19.7. The van der Waals surface area contributed by atoms with Crippen molar-refractivity contribution in [3.05, 3.63) is 101 Å². The lowest BCUT2D eigenvalue weighted by Crippen LogP contribution is -2.37. The average Bonchev–Trinajstić information content (AvgIpc) is 2.99. The minimum Gasteiger partial charge on any atom is -0.497 e. The number of carbonyl (C=O) groups is 2. The number of benzene rings is 3. The molecule has 5 nitrogen and oxygen atoms in total. The van der Waals surface area contributed by atoms with E-state index in [1.165, 1.54) is 5.56 Å². The molecule has 0 saturated carbocycles. The maximum absolute atomic E-state index is 13.8. The number of hydrogen-bond donors (Lipinski definition) is 1. The Kier molecular flexibility index (Phi) is 5.70. The van der Waals surface area contributed by atoms with Gasteiger partial charge in [-0.2, -0.15) is 0 Å². The highest BCUT2D eigenvalue weighted by Gasteiger charge is 2.40. The summed E-state index contributed by atoms with van der Waals surface area (Å²) < 4.78 is 5.34. The van der Waals surface area contributed by atoms with Gasteiger partial charge in [-0.1, -0.05) is 54.1 Å². The fourth-order valence-corrected chi connectivity index (χ4v) is 5.11. The standard InChI is InChI=1S/C29H28N2O3/c1-18-8-10-20(11-9-18)22-16-25-28(27(33)17-22)29(21-12-14-23(34-3)15-13-21)31(19(2)32)26-7-5-4-6-24(26)30-25/h4-15,22,29-30H,16-17H2,1-3H3/t22-,29+/m0/s1. The number of ether oxygens (including phenoxy) is 1. The van der Waals surface area contributed by atoms with E-state index in [0.29, 0.717) is 18.4 Å². The molecule has 1 amide bonds. The number of para-hydroxylation sites is 2. The Hall–Kier alpha value is -3.86. The van der Waals surface area contributed by atoms with Gasteiger partial charge in [0.25, 0.3) is 0 Å². The van der Waals surface area contributed by atoms with E-state index in [9.17, 15) is 9.59 Å². The van der Waals surface area contributed by atoms with Gasteiger partial charge < -0.3 is 10.1 Å². The molecule has 34 heavy (non-hydrogen) atoms. The van der Waals surface area contributed by atoms with Gasteiger partial charge in [-0.3, -0.25) is 14.5 Å². The predicted molar refractivity (Wildman–Crippen MR) is 134 cm³/mol. The SMILES string of the molecule is COc1ccc([C@@H]2C3=C(C[C@H](c4ccc(C)cc4)CC3=O)Nc3ccccc3N2C(C)=O)cc1. The zero-order chi connectivity index (χ0) is 23.8. The molecule has 0 bridgehead atoms. The Balaban J connectivity index is 1.68. The molecule has 1 N–H and O–H groups in total. The number of Topliss-reactive ketones (excluding diaryl/α,β-unsaturated/α-hetero) is 1. The summed E-state index contributed by atoms with van der Waals surface area (Å²) >= 11 is 0. The molecule has 0 unspecified atom stereocenters. The Morgan fingerprint density at radius 3 is 2.29 bits per heavy atom. The van der Waals surface area contributed by atoms with Crippen molar-refractivity contribution in [2.45, 2.75) is 38.6 Å². The van der Waals surface area contributed by atoms with Gasteiger partial charge in [0.2, 0.25) is 5.91 Å². The summed E-state index contributed by atoms with van der Waals surface area (Å²) in [6.07, 6.45) is 1.12. The van der Waals surface area contributed by atoms with Crippen molar-refractivity contribution >= 4 is 23.1 Å². The third-order valence-electron chi connectivity index (χ3n) is 6.81. The number of ketones is 1. The number of anilines is 2. The third kappa shape index (κ3) is 3.87. The maximum atomic E-state index is 13.8. The van der Waals surface area contributed by atoms with Crippen molar-refractivity contribution in [3.63, 3.8) is 0 Å². The van der Waals surface area contributed by atoms with Crippen LogP contribution in [-0.2, 0) is 9.59 Å². The normalized spacial score (nSPS) is 19.6. The summed E-state index contributed by atoms with van der Waals surface area (Å²) in [5, 5.41) is 3.55. The maximum Gasteiger partial charge on any atom is 0.224 e. The van der Waals surface area contributed by atoms with Crippen molar-refractivity contribution in [1.82, 2.24) is 0 Å². The molecular formula is C29H28N2O3. The Labute approximate surface area is 200 Å².